The number of rotatable bonds is 3. The zero-order chi connectivity index (χ0) is 9.84. The fourth-order valence-corrected chi connectivity index (χ4v) is 1.14. The van der Waals surface area contributed by atoms with E-state index in [1.807, 2.05) is 0 Å². The lowest BCUT2D eigenvalue weighted by atomic mass is 9.78. The van der Waals surface area contributed by atoms with Crippen molar-refractivity contribution in [2.75, 3.05) is 0 Å². The molecule has 0 spiro atoms. The van der Waals surface area contributed by atoms with Crippen molar-refractivity contribution in [2.24, 2.45) is 0 Å². The van der Waals surface area contributed by atoms with Gasteiger partial charge >= 0.3 is 7.12 Å². The zero-order valence-electron chi connectivity index (χ0n) is 7.14. The molecule has 3 N–H and O–H groups in total. The molecule has 1 aromatic carbocycles. The number of hydrogen-bond acceptors (Lipinski definition) is 3. The highest BCUT2D eigenvalue weighted by Crippen LogP contribution is 2.14. The Morgan fingerprint density at radius 1 is 1.38 bits per heavy atom. The Labute approximate surface area is 77.1 Å². The lowest BCUT2D eigenvalue weighted by Crippen LogP contribution is -2.30. The molecular formula is C9H11BO3. The Morgan fingerprint density at radius 3 is 2.62 bits per heavy atom. The summed E-state index contributed by atoms with van der Waals surface area (Å²) >= 11 is 0. The molecule has 1 rings (SSSR count). The smallest absolute Gasteiger partial charge is 0.492 e. The summed E-state index contributed by atoms with van der Waals surface area (Å²) in [5, 5.41) is 27.3. The van der Waals surface area contributed by atoms with E-state index in [0.717, 1.165) is 0 Å². The van der Waals surface area contributed by atoms with Crippen LogP contribution in [0.15, 0.2) is 30.9 Å². The number of benzene rings is 1. The predicted octanol–water partition coefficient (Wildman–Crippen LogP) is -0.200. The first-order valence-electron chi connectivity index (χ1n) is 3.94. The third kappa shape index (κ3) is 2.11. The maximum absolute atomic E-state index is 9.52. The molecule has 0 fully saturated rings. The van der Waals surface area contributed by atoms with Gasteiger partial charge in [0.1, 0.15) is 5.75 Å². The fraction of sp³-hybridized carbons (Fsp3) is 0.111. The van der Waals surface area contributed by atoms with Gasteiger partial charge in [-0.2, -0.15) is 0 Å². The molecule has 0 aliphatic carbocycles. The van der Waals surface area contributed by atoms with Crippen LogP contribution in [-0.4, -0.2) is 22.3 Å². The van der Waals surface area contributed by atoms with E-state index in [2.05, 4.69) is 6.58 Å². The second kappa shape index (κ2) is 4.12. The van der Waals surface area contributed by atoms with E-state index in [9.17, 15) is 5.11 Å². The van der Waals surface area contributed by atoms with Crippen LogP contribution in [0, 0.1) is 0 Å². The van der Waals surface area contributed by atoms with Gasteiger partial charge in [0.2, 0.25) is 0 Å². The van der Waals surface area contributed by atoms with Gasteiger partial charge in [0.05, 0.1) is 0 Å². The minimum absolute atomic E-state index is 0.0719. The Bertz CT molecular complexity index is 310. The Kier molecular flexibility index (Phi) is 3.11. The van der Waals surface area contributed by atoms with Crippen LogP contribution in [-0.2, 0) is 6.42 Å². The SMILES string of the molecule is C=CCc1cccc(B(O)O)c1O. The van der Waals surface area contributed by atoms with Crippen molar-refractivity contribution in [3.8, 4) is 5.75 Å². The summed E-state index contributed by atoms with van der Waals surface area (Å²) in [4.78, 5) is 0. The molecule has 13 heavy (non-hydrogen) atoms. The van der Waals surface area contributed by atoms with Gasteiger partial charge in [0.15, 0.2) is 0 Å². The minimum Gasteiger partial charge on any atom is -0.508 e. The predicted molar refractivity (Wildman–Crippen MR) is 51.8 cm³/mol. The first-order chi connectivity index (χ1) is 6.16. The van der Waals surface area contributed by atoms with E-state index < -0.39 is 7.12 Å². The average Bonchev–Trinajstić information content (AvgIpc) is 2.08. The molecule has 0 unspecified atom stereocenters. The summed E-state index contributed by atoms with van der Waals surface area (Å²) < 4.78 is 0. The van der Waals surface area contributed by atoms with Crippen molar-refractivity contribution < 1.29 is 15.2 Å². The quantitative estimate of drug-likeness (QED) is 0.443. The van der Waals surface area contributed by atoms with Crippen molar-refractivity contribution in [3.63, 3.8) is 0 Å². The molecular weight excluding hydrogens is 167 g/mol. The van der Waals surface area contributed by atoms with Gasteiger partial charge in [-0.15, -0.1) is 6.58 Å². The van der Waals surface area contributed by atoms with Gasteiger partial charge < -0.3 is 15.2 Å². The molecule has 3 nitrogen and oxygen atoms in total. The van der Waals surface area contributed by atoms with Gasteiger partial charge in [-0.05, 0) is 12.0 Å². The maximum atomic E-state index is 9.52. The molecule has 0 saturated heterocycles. The number of phenolic OH excluding ortho intramolecular Hbond substituents is 1. The molecule has 0 heterocycles. The van der Waals surface area contributed by atoms with E-state index in [-0.39, 0.29) is 11.2 Å². The lowest BCUT2D eigenvalue weighted by Gasteiger charge is -2.06. The van der Waals surface area contributed by atoms with Crippen LogP contribution < -0.4 is 5.46 Å². The van der Waals surface area contributed by atoms with Crippen molar-refractivity contribution in [2.45, 2.75) is 6.42 Å². The number of para-hydroxylation sites is 1. The van der Waals surface area contributed by atoms with E-state index in [1.54, 1.807) is 18.2 Å². The van der Waals surface area contributed by atoms with Crippen LogP contribution >= 0.6 is 0 Å². The highest BCUT2D eigenvalue weighted by molar-refractivity contribution is 6.59. The molecule has 0 bridgehead atoms. The van der Waals surface area contributed by atoms with Crippen LogP contribution in [0.2, 0.25) is 0 Å². The second-order valence-electron chi connectivity index (χ2n) is 2.72. The van der Waals surface area contributed by atoms with Gasteiger partial charge in [-0.3, -0.25) is 0 Å². The van der Waals surface area contributed by atoms with E-state index in [4.69, 9.17) is 10.0 Å². The molecule has 4 heteroatoms. The molecule has 0 aliphatic heterocycles. The average molecular weight is 178 g/mol. The summed E-state index contributed by atoms with van der Waals surface area (Å²) in [6.45, 7) is 3.54. The Hall–Kier alpha value is -1.26. The van der Waals surface area contributed by atoms with Gasteiger partial charge in [0, 0.05) is 5.46 Å². The maximum Gasteiger partial charge on any atom is 0.492 e. The van der Waals surface area contributed by atoms with E-state index >= 15 is 0 Å². The van der Waals surface area contributed by atoms with Crippen molar-refractivity contribution in [1.82, 2.24) is 0 Å². The first-order valence-corrected chi connectivity index (χ1v) is 3.94. The summed E-state index contributed by atoms with van der Waals surface area (Å²) in [5.74, 6) is -0.0719. The third-order valence-electron chi connectivity index (χ3n) is 1.79. The highest BCUT2D eigenvalue weighted by Gasteiger charge is 2.17. The molecule has 1 aromatic rings. The summed E-state index contributed by atoms with van der Waals surface area (Å²) in [5.41, 5.74) is 0.764. The van der Waals surface area contributed by atoms with Gasteiger partial charge in [-0.1, -0.05) is 24.3 Å². The van der Waals surface area contributed by atoms with E-state index in [0.29, 0.717) is 12.0 Å². The van der Waals surface area contributed by atoms with Crippen LogP contribution in [0.5, 0.6) is 5.75 Å². The number of aromatic hydroxyl groups is 1. The molecule has 0 aliphatic rings. The number of allylic oxidation sites excluding steroid dienone is 1. The third-order valence-corrected chi connectivity index (χ3v) is 1.79. The standard InChI is InChI=1S/C9H11BO3/c1-2-4-7-5-3-6-8(9(7)11)10(12)13/h2-3,5-6,11-13H,1,4H2. The van der Waals surface area contributed by atoms with Crippen LogP contribution in [0.4, 0.5) is 0 Å². The van der Waals surface area contributed by atoms with Crippen LogP contribution in [0.25, 0.3) is 0 Å². The largest absolute Gasteiger partial charge is 0.508 e. The monoisotopic (exact) mass is 178 g/mol. The number of hydrogen-bond donors (Lipinski definition) is 3. The molecule has 0 radical (unpaired) electrons. The van der Waals surface area contributed by atoms with E-state index in [1.165, 1.54) is 6.07 Å². The van der Waals surface area contributed by atoms with Crippen LogP contribution in [0.1, 0.15) is 5.56 Å². The van der Waals surface area contributed by atoms with Gasteiger partial charge in [-0.25, -0.2) is 0 Å². The van der Waals surface area contributed by atoms with Crippen molar-refractivity contribution in [1.29, 1.82) is 0 Å². The second-order valence-corrected chi connectivity index (χ2v) is 2.72. The van der Waals surface area contributed by atoms with Crippen molar-refractivity contribution >= 4 is 12.6 Å². The van der Waals surface area contributed by atoms with Gasteiger partial charge in [0.25, 0.3) is 0 Å². The molecule has 0 atom stereocenters. The highest BCUT2D eigenvalue weighted by atomic mass is 16.4. The molecule has 0 amide bonds. The summed E-state index contributed by atoms with van der Waals surface area (Å²) in [6, 6.07) is 4.84. The van der Waals surface area contributed by atoms with Crippen molar-refractivity contribution in [3.05, 3.63) is 36.4 Å². The zero-order valence-corrected chi connectivity index (χ0v) is 7.14. The first kappa shape index (κ1) is 9.83. The Balaban J connectivity index is 3.10. The summed E-state index contributed by atoms with van der Waals surface area (Å²) in [7, 11) is -1.63. The molecule has 0 saturated carbocycles. The molecule has 68 valence electrons. The minimum atomic E-state index is -1.63. The molecule has 0 aromatic heterocycles. The lowest BCUT2D eigenvalue weighted by molar-refractivity contribution is 0.419. The normalized spacial score (nSPS) is 9.69. The summed E-state index contributed by atoms with van der Waals surface area (Å²) in [6.07, 6.45) is 2.15. The topological polar surface area (TPSA) is 60.7 Å². The van der Waals surface area contributed by atoms with Crippen LogP contribution in [0.3, 0.4) is 0 Å². The fourth-order valence-electron chi connectivity index (χ4n) is 1.14. The Morgan fingerprint density at radius 2 is 2.08 bits per heavy atom. The number of phenols is 1.